The Balaban J connectivity index is 2.01. The van der Waals surface area contributed by atoms with E-state index in [1.165, 1.54) is 0 Å². The molecule has 7 nitrogen and oxygen atoms in total. The second kappa shape index (κ2) is 9.41. The lowest BCUT2D eigenvalue weighted by Crippen LogP contribution is -2.34. The van der Waals surface area contributed by atoms with Crippen LogP contribution < -0.4 is 11.1 Å². The average molecular weight is 406 g/mol. The number of nitrogens with one attached hydrogen (secondary N) is 1. The van der Waals surface area contributed by atoms with Gasteiger partial charge in [0.15, 0.2) is 6.61 Å². The van der Waals surface area contributed by atoms with Gasteiger partial charge in [-0.15, -0.1) is 0 Å². The number of primary amides is 1. The van der Waals surface area contributed by atoms with Gasteiger partial charge in [0.25, 0.3) is 0 Å². The highest BCUT2D eigenvalue weighted by Crippen LogP contribution is 2.20. The van der Waals surface area contributed by atoms with Gasteiger partial charge in [-0.2, -0.15) is 0 Å². The number of Topliss-reactive ketones (excluding diaryl/α,β-unsaturated/α-hetero) is 1. The zero-order chi connectivity index (χ0) is 20.8. The van der Waals surface area contributed by atoms with Crippen molar-refractivity contribution in [1.29, 1.82) is 0 Å². The topological polar surface area (TPSA) is 103 Å². The third-order valence-corrected chi connectivity index (χ3v) is 4.77. The zero-order valence-corrected chi connectivity index (χ0v) is 16.9. The lowest BCUT2D eigenvalue weighted by atomic mass is 10.0. The van der Waals surface area contributed by atoms with Crippen molar-refractivity contribution >= 4 is 29.4 Å². The monoisotopic (exact) mass is 405 g/mol. The number of hydrogen-bond donors (Lipinski definition) is 2. The molecule has 1 aromatic carbocycles. The van der Waals surface area contributed by atoms with Gasteiger partial charge in [0, 0.05) is 28.5 Å². The minimum Gasteiger partial charge on any atom is -0.457 e. The van der Waals surface area contributed by atoms with E-state index in [1.54, 1.807) is 30.3 Å². The predicted molar refractivity (Wildman–Crippen MR) is 106 cm³/mol. The van der Waals surface area contributed by atoms with Crippen LogP contribution in [0.15, 0.2) is 30.3 Å². The SMILES string of the molecule is CCn1c(C)cc(C(=O)COC(=O)C[C@@H](NC(N)=O)c2ccc(Cl)cc2)c1C. The summed E-state index contributed by atoms with van der Waals surface area (Å²) < 4.78 is 7.15. The first kappa shape index (κ1) is 21.5. The number of amides is 2. The molecule has 0 aliphatic carbocycles. The lowest BCUT2D eigenvalue weighted by molar-refractivity contribution is -0.143. The van der Waals surface area contributed by atoms with Crippen LogP contribution in [0.25, 0.3) is 0 Å². The number of carbonyl (C=O) groups is 3. The fourth-order valence-corrected chi connectivity index (χ4v) is 3.26. The number of carbonyl (C=O) groups excluding carboxylic acids is 3. The van der Waals surface area contributed by atoms with Gasteiger partial charge in [-0.05, 0) is 44.5 Å². The molecular formula is C20H24ClN3O4. The Morgan fingerprint density at radius 1 is 1.21 bits per heavy atom. The Labute approximate surface area is 168 Å². The quantitative estimate of drug-likeness (QED) is 0.519. The van der Waals surface area contributed by atoms with E-state index in [9.17, 15) is 14.4 Å². The summed E-state index contributed by atoms with van der Waals surface area (Å²) in [6.45, 7) is 6.17. The first-order valence-electron chi connectivity index (χ1n) is 8.89. The van der Waals surface area contributed by atoms with Gasteiger partial charge in [-0.3, -0.25) is 9.59 Å². The normalized spacial score (nSPS) is 11.7. The highest BCUT2D eigenvalue weighted by atomic mass is 35.5. The molecule has 0 radical (unpaired) electrons. The van der Waals surface area contributed by atoms with Gasteiger partial charge < -0.3 is 20.4 Å². The molecule has 1 aromatic heterocycles. The van der Waals surface area contributed by atoms with E-state index in [1.807, 2.05) is 25.3 Å². The van der Waals surface area contributed by atoms with Gasteiger partial charge in [0.1, 0.15) is 0 Å². The van der Waals surface area contributed by atoms with Gasteiger partial charge in [-0.25, -0.2) is 4.79 Å². The third-order valence-electron chi connectivity index (χ3n) is 4.51. The molecule has 1 atom stereocenters. The Bertz CT molecular complexity index is 874. The molecule has 150 valence electrons. The van der Waals surface area contributed by atoms with E-state index in [2.05, 4.69) is 5.32 Å². The van der Waals surface area contributed by atoms with Crippen LogP contribution in [0.5, 0.6) is 0 Å². The van der Waals surface area contributed by atoms with Crippen molar-refractivity contribution in [2.75, 3.05) is 6.61 Å². The molecule has 2 amide bonds. The first-order chi connectivity index (χ1) is 13.2. The number of halogens is 1. The molecule has 0 saturated carbocycles. The number of ketones is 1. The number of rotatable bonds is 8. The van der Waals surface area contributed by atoms with Gasteiger partial charge in [0.2, 0.25) is 5.78 Å². The second-order valence-corrected chi connectivity index (χ2v) is 6.87. The number of nitrogens with two attached hydrogens (primary N) is 1. The smallest absolute Gasteiger partial charge is 0.312 e. The Morgan fingerprint density at radius 3 is 2.39 bits per heavy atom. The van der Waals surface area contributed by atoms with Gasteiger partial charge >= 0.3 is 12.0 Å². The van der Waals surface area contributed by atoms with E-state index < -0.39 is 18.0 Å². The average Bonchev–Trinajstić information content (AvgIpc) is 2.93. The molecule has 2 aromatic rings. The maximum Gasteiger partial charge on any atom is 0.312 e. The molecule has 28 heavy (non-hydrogen) atoms. The summed E-state index contributed by atoms with van der Waals surface area (Å²) in [6.07, 6.45) is -0.161. The number of hydrogen-bond acceptors (Lipinski definition) is 4. The molecule has 3 N–H and O–H groups in total. The number of aryl methyl sites for hydroxylation is 1. The maximum atomic E-state index is 12.4. The summed E-state index contributed by atoms with van der Waals surface area (Å²) >= 11 is 5.86. The minimum atomic E-state index is -0.768. The first-order valence-corrected chi connectivity index (χ1v) is 9.27. The molecule has 1 heterocycles. The largest absolute Gasteiger partial charge is 0.457 e. The van der Waals surface area contributed by atoms with Crippen LogP contribution in [0.2, 0.25) is 5.02 Å². The Hall–Kier alpha value is -2.80. The highest BCUT2D eigenvalue weighted by Gasteiger charge is 2.21. The minimum absolute atomic E-state index is 0.161. The van der Waals surface area contributed by atoms with Crippen molar-refractivity contribution in [3.63, 3.8) is 0 Å². The summed E-state index contributed by atoms with van der Waals surface area (Å²) in [7, 11) is 0. The highest BCUT2D eigenvalue weighted by molar-refractivity contribution is 6.30. The number of ether oxygens (including phenoxy) is 1. The summed E-state index contributed by atoms with van der Waals surface area (Å²) in [6, 6.07) is 7.00. The molecule has 0 aliphatic heterocycles. The van der Waals surface area contributed by atoms with Crippen molar-refractivity contribution < 1.29 is 19.1 Å². The van der Waals surface area contributed by atoms with Crippen molar-refractivity contribution in [1.82, 2.24) is 9.88 Å². The summed E-state index contributed by atoms with van der Waals surface area (Å²) in [5.74, 6) is -0.890. The van der Waals surface area contributed by atoms with Crippen LogP contribution in [0.4, 0.5) is 4.79 Å². The van der Waals surface area contributed by atoms with E-state index >= 15 is 0 Å². The molecule has 8 heteroatoms. The van der Waals surface area contributed by atoms with Crippen LogP contribution in [-0.2, 0) is 16.1 Å². The van der Waals surface area contributed by atoms with E-state index in [-0.39, 0.29) is 18.8 Å². The molecule has 0 spiro atoms. The zero-order valence-electron chi connectivity index (χ0n) is 16.1. The van der Waals surface area contributed by atoms with Crippen LogP contribution in [0.3, 0.4) is 0 Å². The second-order valence-electron chi connectivity index (χ2n) is 6.43. The molecule has 0 saturated heterocycles. The van der Waals surface area contributed by atoms with Crippen molar-refractivity contribution in [2.24, 2.45) is 5.73 Å². The third kappa shape index (κ3) is 5.36. The Kier molecular flexibility index (Phi) is 7.23. The van der Waals surface area contributed by atoms with E-state index in [0.717, 1.165) is 17.9 Å². The number of esters is 1. The summed E-state index contributed by atoms with van der Waals surface area (Å²) in [5, 5.41) is 3.03. The number of benzene rings is 1. The van der Waals surface area contributed by atoms with Gasteiger partial charge in [0.05, 0.1) is 12.5 Å². The van der Waals surface area contributed by atoms with Crippen LogP contribution in [0.1, 0.15) is 46.7 Å². The maximum absolute atomic E-state index is 12.4. The summed E-state index contributed by atoms with van der Waals surface area (Å²) in [5.41, 5.74) is 8.20. The predicted octanol–water partition coefficient (Wildman–Crippen LogP) is 3.30. The molecule has 0 fully saturated rings. The Morgan fingerprint density at radius 2 is 1.86 bits per heavy atom. The fraction of sp³-hybridized carbons (Fsp3) is 0.350. The number of urea groups is 1. The van der Waals surface area contributed by atoms with Crippen LogP contribution in [0, 0.1) is 13.8 Å². The molecule has 0 unspecified atom stereocenters. The molecule has 0 aliphatic rings. The van der Waals surface area contributed by atoms with Crippen LogP contribution >= 0.6 is 11.6 Å². The molecular weight excluding hydrogens is 382 g/mol. The molecule has 0 bridgehead atoms. The van der Waals surface area contributed by atoms with Crippen molar-refractivity contribution in [2.45, 2.75) is 39.8 Å². The van der Waals surface area contributed by atoms with E-state index in [0.29, 0.717) is 16.1 Å². The van der Waals surface area contributed by atoms with Crippen molar-refractivity contribution in [3.05, 3.63) is 57.9 Å². The molecule has 2 rings (SSSR count). The summed E-state index contributed by atoms with van der Waals surface area (Å²) in [4.78, 5) is 35.9. The fourth-order valence-electron chi connectivity index (χ4n) is 3.14. The van der Waals surface area contributed by atoms with E-state index in [4.69, 9.17) is 22.1 Å². The number of nitrogens with zero attached hydrogens (tertiary/aromatic N) is 1. The lowest BCUT2D eigenvalue weighted by Gasteiger charge is -2.17. The number of aromatic nitrogens is 1. The van der Waals surface area contributed by atoms with Crippen molar-refractivity contribution in [3.8, 4) is 0 Å². The standard InChI is InChI=1S/C20H24ClN3O4/c1-4-24-12(2)9-16(13(24)3)18(25)11-28-19(26)10-17(23-20(22)27)14-5-7-15(21)8-6-14/h5-9,17H,4,10-11H2,1-3H3,(H3,22,23,27)/t17-/m1/s1. The van der Waals surface area contributed by atoms with Gasteiger partial charge in [-0.1, -0.05) is 23.7 Å². The van der Waals surface area contributed by atoms with Crippen LogP contribution in [-0.4, -0.2) is 29.0 Å².